The summed E-state index contributed by atoms with van der Waals surface area (Å²) in [6.07, 6.45) is 7.11. The second kappa shape index (κ2) is 18.8. The number of hydrogen-bond donors (Lipinski definition) is 0. The van der Waals surface area contributed by atoms with Gasteiger partial charge in [-0.1, -0.05) is 54.5 Å². The van der Waals surface area contributed by atoms with Crippen LogP contribution in [-0.4, -0.2) is 95.9 Å². The van der Waals surface area contributed by atoms with Gasteiger partial charge in [0.2, 0.25) is 0 Å². The van der Waals surface area contributed by atoms with E-state index in [1.807, 2.05) is 19.1 Å². The van der Waals surface area contributed by atoms with Crippen molar-refractivity contribution in [2.45, 2.75) is 134 Å². The summed E-state index contributed by atoms with van der Waals surface area (Å²) >= 11 is 0. The molecule has 2 aromatic heterocycles. The van der Waals surface area contributed by atoms with E-state index < -0.39 is 30.8 Å². The number of fused-ring (bicyclic) bond motifs is 3. The first-order chi connectivity index (χ1) is 32.6. The highest BCUT2D eigenvalue weighted by Crippen LogP contribution is 2.47. The van der Waals surface area contributed by atoms with Crippen molar-refractivity contribution in [3.8, 4) is 28.8 Å². The summed E-state index contributed by atoms with van der Waals surface area (Å²) in [5.41, 5.74) is 1.04. The van der Waals surface area contributed by atoms with Crippen LogP contribution in [0.25, 0.3) is 32.9 Å². The van der Waals surface area contributed by atoms with Gasteiger partial charge in [0.05, 0.1) is 28.1 Å². The maximum Gasteiger partial charge on any atom is 0.513 e. The molecule has 0 bridgehead atoms. The Labute approximate surface area is 397 Å². The van der Waals surface area contributed by atoms with Crippen LogP contribution in [-0.2, 0) is 15.9 Å². The SMILES string of the molecule is CCc1c(F)ccc2cc(O[Si](C(C)C)(C(C)C)C(C)C)cc(-c3ncc4c(N5CCC[C@@]6(CCO6)C5)nc(OC[C@@]56CCCN5[C@H](COC(=O)Oc5ccc([N+](=O)[O-])cc5)CC6)nc4c3F)c12. The number of nitrogens with zero attached hydrogens (tertiary/aromatic N) is 6. The molecule has 4 fully saturated rings. The number of aryl methyl sites for hydroxylation is 1. The van der Waals surface area contributed by atoms with Gasteiger partial charge in [0.25, 0.3) is 14.0 Å². The first kappa shape index (κ1) is 47.5. The summed E-state index contributed by atoms with van der Waals surface area (Å²) in [6.45, 7) is 18.3. The average molecular weight is 953 g/mol. The van der Waals surface area contributed by atoms with Gasteiger partial charge in [0.15, 0.2) is 5.82 Å². The molecule has 0 amide bonds. The van der Waals surface area contributed by atoms with Crippen molar-refractivity contribution in [2.24, 2.45) is 0 Å². The van der Waals surface area contributed by atoms with Gasteiger partial charge in [-0.05, 0) is 115 Å². The minimum absolute atomic E-state index is 0.0362. The molecule has 0 unspecified atom stereocenters. The highest BCUT2D eigenvalue weighted by Gasteiger charge is 2.51. The number of rotatable bonds is 15. The quantitative estimate of drug-likeness (QED) is 0.0322. The summed E-state index contributed by atoms with van der Waals surface area (Å²) in [4.78, 5) is 42.4. The van der Waals surface area contributed by atoms with Crippen molar-refractivity contribution in [2.75, 3.05) is 44.4 Å². The number of carbonyl (C=O) groups is 1. The van der Waals surface area contributed by atoms with Crippen LogP contribution in [0.3, 0.4) is 0 Å². The maximum atomic E-state index is 17.9. The molecule has 9 rings (SSSR count). The van der Waals surface area contributed by atoms with E-state index in [1.165, 1.54) is 30.3 Å². The summed E-state index contributed by atoms with van der Waals surface area (Å²) in [5, 5.41) is 12.8. The first-order valence-electron chi connectivity index (χ1n) is 24.3. The molecule has 17 heteroatoms. The highest BCUT2D eigenvalue weighted by molar-refractivity contribution is 6.78. The molecule has 0 aliphatic carbocycles. The number of carbonyl (C=O) groups excluding carboxylic acids is 1. The molecule has 14 nitrogen and oxygen atoms in total. The van der Waals surface area contributed by atoms with E-state index in [-0.39, 0.29) is 76.0 Å². The standard InChI is InChI=1S/C51H62F2N6O8Si/c1-8-39-42(52)16-11-34-25-38(67-68(31(2)3,32(4)5)33(6)7)26-40(43(34)39)45-44(53)46-41(27-54-45)47(57-22-10-19-51(29-57)21-24-65-51)56-48(55-46)64-30-50-18-9-23-58(50)36(17-20-50)28-63-49(60)66-37-14-12-35(13-15-37)59(61)62/h11-16,25-27,31-33,36H,8-10,17-24,28-30H2,1-7H3/t36-,50-,51+/m0/s1. The minimum Gasteiger partial charge on any atom is -0.543 e. The molecule has 6 heterocycles. The number of anilines is 1. The Hall–Kier alpha value is -5.52. The predicted molar refractivity (Wildman–Crippen MR) is 258 cm³/mol. The normalized spacial score (nSPS) is 21.8. The van der Waals surface area contributed by atoms with Gasteiger partial charge in [-0.2, -0.15) is 9.97 Å². The van der Waals surface area contributed by atoms with Crippen molar-refractivity contribution < 1.29 is 41.9 Å². The van der Waals surface area contributed by atoms with Gasteiger partial charge < -0.3 is 28.3 Å². The molecule has 4 aliphatic rings. The molecule has 0 radical (unpaired) electrons. The van der Waals surface area contributed by atoms with Crippen LogP contribution in [0.5, 0.6) is 17.5 Å². The Kier molecular flexibility index (Phi) is 13.1. The molecule has 1 spiro atoms. The van der Waals surface area contributed by atoms with Crippen LogP contribution < -0.4 is 18.8 Å². The number of ether oxygens (including phenoxy) is 4. The Balaban J connectivity index is 1.06. The lowest BCUT2D eigenvalue weighted by atomic mass is 9.86. The zero-order valence-electron chi connectivity index (χ0n) is 40.1. The third kappa shape index (κ3) is 8.63. The fourth-order valence-corrected chi connectivity index (χ4v) is 17.3. The number of halogens is 2. The first-order valence-corrected chi connectivity index (χ1v) is 26.4. The highest BCUT2D eigenvalue weighted by atomic mass is 28.4. The number of nitro groups is 1. The van der Waals surface area contributed by atoms with Crippen molar-refractivity contribution in [1.82, 2.24) is 19.9 Å². The van der Waals surface area contributed by atoms with Crippen LogP contribution >= 0.6 is 0 Å². The van der Waals surface area contributed by atoms with Crippen LogP contribution in [0.2, 0.25) is 16.6 Å². The molecule has 0 N–H and O–H groups in total. The number of piperidine rings is 1. The third-order valence-corrected chi connectivity index (χ3v) is 21.4. The van der Waals surface area contributed by atoms with Gasteiger partial charge in [-0.3, -0.25) is 20.0 Å². The van der Waals surface area contributed by atoms with Crippen molar-refractivity contribution >= 4 is 47.7 Å². The molecule has 3 aromatic carbocycles. The molecule has 3 atom stereocenters. The Bertz CT molecular complexity index is 2700. The molecule has 68 heavy (non-hydrogen) atoms. The second-order valence-corrected chi connectivity index (χ2v) is 25.5. The summed E-state index contributed by atoms with van der Waals surface area (Å²) in [6, 6.07) is 12.2. The lowest BCUT2D eigenvalue weighted by Crippen LogP contribution is -2.56. The molecule has 4 aliphatic heterocycles. The van der Waals surface area contributed by atoms with Crippen LogP contribution in [0.4, 0.5) is 25.1 Å². The molecular weight excluding hydrogens is 891 g/mol. The van der Waals surface area contributed by atoms with Gasteiger partial charge in [-0.25, -0.2) is 13.6 Å². The zero-order valence-corrected chi connectivity index (χ0v) is 41.1. The maximum absolute atomic E-state index is 17.9. The van der Waals surface area contributed by atoms with Gasteiger partial charge in [0.1, 0.15) is 47.6 Å². The lowest BCUT2D eigenvalue weighted by molar-refractivity contribution is -0.384. The number of hydrogen-bond acceptors (Lipinski definition) is 13. The van der Waals surface area contributed by atoms with Crippen LogP contribution in [0, 0.1) is 21.7 Å². The smallest absolute Gasteiger partial charge is 0.513 e. The monoisotopic (exact) mass is 952 g/mol. The number of aromatic nitrogens is 3. The van der Waals surface area contributed by atoms with E-state index in [0.717, 1.165) is 56.9 Å². The van der Waals surface area contributed by atoms with Gasteiger partial charge in [0, 0.05) is 49.4 Å². The number of non-ortho nitro benzene ring substituents is 1. The summed E-state index contributed by atoms with van der Waals surface area (Å²) in [5.74, 6) is 0.243. The molecule has 5 aromatic rings. The Morgan fingerprint density at radius 1 is 0.956 bits per heavy atom. The largest absolute Gasteiger partial charge is 0.543 e. The average Bonchev–Trinajstić information content (AvgIpc) is 3.88. The van der Waals surface area contributed by atoms with Crippen molar-refractivity contribution in [1.29, 1.82) is 0 Å². The molecule has 362 valence electrons. The van der Waals surface area contributed by atoms with E-state index in [9.17, 15) is 14.9 Å². The Morgan fingerprint density at radius 3 is 2.37 bits per heavy atom. The number of pyridine rings is 1. The molecule has 0 saturated carbocycles. The minimum atomic E-state index is -2.47. The summed E-state index contributed by atoms with van der Waals surface area (Å²) in [7, 11) is -2.47. The fourth-order valence-electron chi connectivity index (χ4n) is 12.1. The van der Waals surface area contributed by atoms with Crippen molar-refractivity contribution in [3.05, 3.63) is 82.0 Å². The van der Waals surface area contributed by atoms with E-state index in [2.05, 4.69) is 51.3 Å². The van der Waals surface area contributed by atoms with E-state index in [4.69, 9.17) is 38.3 Å². The van der Waals surface area contributed by atoms with E-state index in [1.54, 1.807) is 12.3 Å². The third-order valence-electron chi connectivity index (χ3n) is 15.3. The Morgan fingerprint density at radius 2 is 1.69 bits per heavy atom. The van der Waals surface area contributed by atoms with Gasteiger partial charge >= 0.3 is 12.2 Å². The molecule has 4 saturated heterocycles. The van der Waals surface area contributed by atoms with Gasteiger partial charge in [-0.15, -0.1) is 0 Å². The van der Waals surface area contributed by atoms with E-state index >= 15 is 8.78 Å². The lowest BCUT2D eigenvalue weighted by Gasteiger charge is -2.48. The topological polar surface area (TPSA) is 152 Å². The number of benzene rings is 3. The van der Waals surface area contributed by atoms with Crippen LogP contribution in [0.1, 0.15) is 99.0 Å². The second-order valence-electron chi connectivity index (χ2n) is 20.1. The van der Waals surface area contributed by atoms with E-state index in [0.29, 0.717) is 59.6 Å². The summed E-state index contributed by atoms with van der Waals surface area (Å²) < 4.78 is 64.5. The predicted octanol–water partition coefficient (Wildman–Crippen LogP) is 11.5. The van der Waals surface area contributed by atoms with Crippen LogP contribution in [0.15, 0.2) is 54.7 Å². The zero-order chi connectivity index (χ0) is 48.1. The molecular formula is C51H62F2N6O8Si. The van der Waals surface area contributed by atoms with Crippen molar-refractivity contribution in [3.63, 3.8) is 0 Å². The number of nitro benzene ring substituents is 1. The fraction of sp³-hybridized carbons (Fsp3) is 0.529.